The molecule has 3 aromatic rings. The minimum absolute atomic E-state index is 0.163. The lowest BCUT2D eigenvalue weighted by Crippen LogP contribution is -2.38. The summed E-state index contributed by atoms with van der Waals surface area (Å²) in [5, 5.41) is 1.24. The topological polar surface area (TPSA) is 86.3 Å². The van der Waals surface area contributed by atoms with Crippen molar-refractivity contribution in [1.82, 2.24) is 19.4 Å². The molecule has 1 aliphatic heterocycles. The van der Waals surface area contributed by atoms with E-state index in [9.17, 15) is 4.79 Å². The van der Waals surface area contributed by atoms with Crippen LogP contribution in [0.25, 0.3) is 10.9 Å². The number of rotatable bonds is 7. The molecule has 0 unspecified atom stereocenters. The van der Waals surface area contributed by atoms with Crippen LogP contribution in [0.4, 0.5) is 0 Å². The number of primary amides is 1. The number of likely N-dealkylation sites (tertiary alicyclic amines) is 1. The van der Waals surface area contributed by atoms with E-state index in [0.717, 1.165) is 38.0 Å². The summed E-state index contributed by atoms with van der Waals surface area (Å²) in [6.07, 6.45) is 7.99. The number of amides is 1. The van der Waals surface area contributed by atoms with Crippen molar-refractivity contribution in [2.45, 2.75) is 38.5 Å². The number of benzene rings is 1. The Morgan fingerprint density at radius 3 is 2.64 bits per heavy atom. The van der Waals surface area contributed by atoms with Crippen molar-refractivity contribution in [3.8, 4) is 6.01 Å². The molecule has 1 aromatic carbocycles. The van der Waals surface area contributed by atoms with Gasteiger partial charge < -0.3 is 15.0 Å². The number of nitrogens with two attached hydrogens (primary N) is 1. The maximum absolute atomic E-state index is 11.2. The van der Waals surface area contributed by atoms with Crippen LogP contribution < -0.4 is 10.5 Å². The highest BCUT2D eigenvalue weighted by Gasteiger charge is 2.22. The van der Waals surface area contributed by atoms with E-state index >= 15 is 0 Å². The fourth-order valence-electron chi connectivity index (χ4n) is 3.79. The van der Waals surface area contributed by atoms with Gasteiger partial charge in [-0.2, -0.15) is 0 Å². The molecule has 0 bridgehead atoms. The van der Waals surface area contributed by atoms with Gasteiger partial charge in [0, 0.05) is 62.1 Å². The van der Waals surface area contributed by atoms with Crippen LogP contribution >= 0.6 is 0 Å². The first-order chi connectivity index (χ1) is 13.7. The standard InChI is InChI=1S/C21H25N5O2/c22-20(27)8-13-26-15-16(18-4-1-2-5-19(18)26)14-25-11-6-17(7-12-25)28-21-23-9-3-10-24-21/h1-5,9-10,15,17H,6-8,11-14H2,(H2,22,27). The number of fused-ring (bicyclic) bond motifs is 1. The Labute approximate surface area is 164 Å². The van der Waals surface area contributed by atoms with Crippen molar-refractivity contribution in [3.05, 3.63) is 54.5 Å². The van der Waals surface area contributed by atoms with Gasteiger partial charge in [-0.3, -0.25) is 9.69 Å². The van der Waals surface area contributed by atoms with Gasteiger partial charge in [-0.15, -0.1) is 0 Å². The second kappa shape index (κ2) is 8.39. The van der Waals surface area contributed by atoms with Crippen molar-refractivity contribution in [2.24, 2.45) is 5.73 Å². The molecule has 146 valence electrons. The van der Waals surface area contributed by atoms with E-state index < -0.39 is 0 Å². The fraction of sp³-hybridized carbons (Fsp3) is 0.381. The summed E-state index contributed by atoms with van der Waals surface area (Å²) in [6, 6.07) is 10.6. The number of aryl methyl sites for hydroxylation is 1. The van der Waals surface area contributed by atoms with Gasteiger partial charge >= 0.3 is 6.01 Å². The number of para-hydroxylation sites is 1. The number of ether oxygens (including phenoxy) is 1. The molecular formula is C21H25N5O2. The van der Waals surface area contributed by atoms with Gasteiger partial charge in [0.2, 0.25) is 5.91 Å². The van der Waals surface area contributed by atoms with Crippen LogP contribution in [0.2, 0.25) is 0 Å². The summed E-state index contributed by atoms with van der Waals surface area (Å²) in [7, 11) is 0. The molecule has 1 fully saturated rings. The first kappa shape index (κ1) is 18.4. The number of carbonyl (C=O) groups excluding carboxylic acids is 1. The first-order valence-corrected chi connectivity index (χ1v) is 9.70. The maximum atomic E-state index is 11.2. The second-order valence-electron chi connectivity index (χ2n) is 7.21. The molecule has 1 saturated heterocycles. The molecule has 3 heterocycles. The van der Waals surface area contributed by atoms with Crippen LogP contribution in [0.3, 0.4) is 0 Å². The lowest BCUT2D eigenvalue weighted by atomic mass is 10.1. The Morgan fingerprint density at radius 1 is 1.14 bits per heavy atom. The van der Waals surface area contributed by atoms with E-state index in [1.165, 1.54) is 10.9 Å². The Bertz CT molecular complexity index is 932. The first-order valence-electron chi connectivity index (χ1n) is 9.70. The lowest BCUT2D eigenvalue weighted by molar-refractivity contribution is -0.118. The fourth-order valence-corrected chi connectivity index (χ4v) is 3.79. The third-order valence-electron chi connectivity index (χ3n) is 5.21. The molecular weight excluding hydrogens is 354 g/mol. The highest BCUT2D eigenvalue weighted by molar-refractivity contribution is 5.84. The van der Waals surface area contributed by atoms with E-state index in [1.54, 1.807) is 18.5 Å². The van der Waals surface area contributed by atoms with E-state index in [1.807, 2.05) is 6.07 Å². The normalized spacial score (nSPS) is 15.7. The van der Waals surface area contributed by atoms with Crippen LogP contribution in [-0.4, -0.2) is 44.5 Å². The van der Waals surface area contributed by atoms with Gasteiger partial charge in [-0.05, 0) is 30.5 Å². The van der Waals surface area contributed by atoms with E-state index in [-0.39, 0.29) is 12.0 Å². The molecule has 0 saturated carbocycles. The smallest absolute Gasteiger partial charge is 0.316 e. The van der Waals surface area contributed by atoms with E-state index in [2.05, 4.69) is 43.8 Å². The monoisotopic (exact) mass is 379 g/mol. The summed E-state index contributed by atoms with van der Waals surface area (Å²) < 4.78 is 8.02. The van der Waals surface area contributed by atoms with Crippen molar-refractivity contribution < 1.29 is 9.53 Å². The molecule has 0 atom stereocenters. The van der Waals surface area contributed by atoms with E-state index in [4.69, 9.17) is 10.5 Å². The summed E-state index contributed by atoms with van der Waals surface area (Å²) in [6.45, 7) is 3.44. The summed E-state index contributed by atoms with van der Waals surface area (Å²) in [5.41, 5.74) is 7.76. The molecule has 4 rings (SSSR count). The molecule has 2 aromatic heterocycles. The number of hydrogen-bond donors (Lipinski definition) is 1. The minimum atomic E-state index is -0.274. The van der Waals surface area contributed by atoms with Crippen LogP contribution in [0, 0.1) is 0 Å². The number of aromatic nitrogens is 3. The molecule has 2 N–H and O–H groups in total. The quantitative estimate of drug-likeness (QED) is 0.681. The zero-order valence-electron chi connectivity index (χ0n) is 15.8. The van der Waals surface area contributed by atoms with Gasteiger partial charge in [-0.1, -0.05) is 18.2 Å². The molecule has 7 heteroatoms. The largest absolute Gasteiger partial charge is 0.460 e. The predicted molar refractivity (Wildman–Crippen MR) is 107 cm³/mol. The van der Waals surface area contributed by atoms with E-state index in [0.29, 0.717) is 19.0 Å². The molecule has 28 heavy (non-hydrogen) atoms. The van der Waals surface area contributed by atoms with Gasteiger partial charge in [0.05, 0.1) is 0 Å². The SMILES string of the molecule is NC(=O)CCn1cc(CN2CCC(Oc3ncccn3)CC2)c2ccccc21. The van der Waals surface area contributed by atoms with Crippen LogP contribution in [0.1, 0.15) is 24.8 Å². The van der Waals surface area contributed by atoms with Gasteiger partial charge in [-0.25, -0.2) is 9.97 Å². The number of piperidine rings is 1. The molecule has 0 spiro atoms. The highest BCUT2D eigenvalue weighted by atomic mass is 16.5. The number of nitrogens with zero attached hydrogens (tertiary/aromatic N) is 4. The van der Waals surface area contributed by atoms with Gasteiger partial charge in [0.15, 0.2) is 0 Å². The third-order valence-corrected chi connectivity index (χ3v) is 5.21. The number of hydrogen-bond acceptors (Lipinski definition) is 5. The van der Waals surface area contributed by atoms with Crippen molar-refractivity contribution in [1.29, 1.82) is 0 Å². The summed E-state index contributed by atoms with van der Waals surface area (Å²) in [4.78, 5) is 21.9. The highest BCUT2D eigenvalue weighted by Crippen LogP contribution is 2.25. The second-order valence-corrected chi connectivity index (χ2v) is 7.21. The Hall–Kier alpha value is -2.93. The van der Waals surface area contributed by atoms with Crippen LogP contribution in [0.15, 0.2) is 48.9 Å². The summed E-state index contributed by atoms with van der Waals surface area (Å²) >= 11 is 0. The van der Waals surface area contributed by atoms with Crippen molar-refractivity contribution in [3.63, 3.8) is 0 Å². The third kappa shape index (κ3) is 4.31. The maximum Gasteiger partial charge on any atom is 0.316 e. The zero-order valence-corrected chi connectivity index (χ0v) is 15.8. The molecule has 0 radical (unpaired) electrons. The average molecular weight is 379 g/mol. The Balaban J connectivity index is 1.39. The summed E-state index contributed by atoms with van der Waals surface area (Å²) in [5.74, 6) is -0.274. The van der Waals surface area contributed by atoms with Gasteiger partial charge in [0.25, 0.3) is 0 Å². The zero-order chi connectivity index (χ0) is 19.3. The predicted octanol–water partition coefficient (Wildman–Crippen LogP) is 2.35. The van der Waals surface area contributed by atoms with Crippen LogP contribution in [-0.2, 0) is 17.9 Å². The van der Waals surface area contributed by atoms with Crippen molar-refractivity contribution in [2.75, 3.05) is 13.1 Å². The molecule has 7 nitrogen and oxygen atoms in total. The molecule has 1 aliphatic rings. The average Bonchev–Trinajstić information content (AvgIpc) is 3.06. The Kier molecular flexibility index (Phi) is 5.53. The van der Waals surface area contributed by atoms with Crippen molar-refractivity contribution >= 4 is 16.8 Å². The minimum Gasteiger partial charge on any atom is -0.460 e. The molecule has 1 amide bonds. The van der Waals surface area contributed by atoms with Crippen LogP contribution in [0.5, 0.6) is 6.01 Å². The van der Waals surface area contributed by atoms with Gasteiger partial charge in [0.1, 0.15) is 6.10 Å². The molecule has 0 aliphatic carbocycles. The Morgan fingerprint density at radius 2 is 1.89 bits per heavy atom. The lowest BCUT2D eigenvalue weighted by Gasteiger charge is -2.31. The number of carbonyl (C=O) groups is 1.